The predicted molar refractivity (Wildman–Crippen MR) is 92.0 cm³/mol. The number of carbonyl (C=O) groups excluding carboxylic acids is 2. The van der Waals surface area contributed by atoms with Gasteiger partial charge in [0.2, 0.25) is 0 Å². The molecule has 0 unspecified atom stereocenters. The zero-order valence-corrected chi connectivity index (χ0v) is 14.4. The van der Waals surface area contributed by atoms with Crippen LogP contribution < -0.4 is 5.32 Å². The number of hydrogen-bond donors (Lipinski definition) is 1. The van der Waals surface area contributed by atoms with E-state index in [1.54, 1.807) is 48.5 Å². The second-order valence-corrected chi connectivity index (χ2v) is 5.90. The van der Waals surface area contributed by atoms with Crippen molar-refractivity contribution in [2.45, 2.75) is 13.0 Å². The summed E-state index contributed by atoms with van der Waals surface area (Å²) in [6.45, 7) is 0.353. The van der Waals surface area contributed by atoms with Gasteiger partial charge in [0.25, 0.3) is 5.91 Å². The Bertz CT molecular complexity index is 749. The number of nitriles is 1. The van der Waals surface area contributed by atoms with Crippen molar-refractivity contribution in [3.05, 3.63) is 69.7 Å². The lowest BCUT2D eigenvalue weighted by atomic mass is 10.2. The number of esters is 1. The maximum absolute atomic E-state index is 11.9. The second-order valence-electron chi connectivity index (χ2n) is 4.98. The topological polar surface area (TPSA) is 79.2 Å². The van der Waals surface area contributed by atoms with Crippen molar-refractivity contribution in [2.75, 3.05) is 6.54 Å². The molecule has 0 bridgehead atoms. The normalized spacial score (nSPS) is 9.83. The lowest BCUT2D eigenvalue weighted by molar-refractivity contribution is -0.144. The molecule has 5 nitrogen and oxygen atoms in total. The first-order chi connectivity index (χ1) is 11.6. The third-order valence-electron chi connectivity index (χ3n) is 3.20. The van der Waals surface area contributed by atoms with Crippen LogP contribution in [0.1, 0.15) is 27.9 Å². The zero-order valence-electron chi connectivity index (χ0n) is 12.8. The first-order valence-corrected chi connectivity index (χ1v) is 8.06. The van der Waals surface area contributed by atoms with Gasteiger partial charge in [-0.1, -0.05) is 28.1 Å². The van der Waals surface area contributed by atoms with Gasteiger partial charge in [0, 0.05) is 16.6 Å². The number of ether oxygens (including phenoxy) is 1. The molecule has 0 aliphatic rings. The highest BCUT2D eigenvalue weighted by Gasteiger charge is 2.07. The number of rotatable bonds is 6. The van der Waals surface area contributed by atoms with Crippen molar-refractivity contribution in [3.63, 3.8) is 0 Å². The molecule has 122 valence electrons. The standard InChI is InChI=1S/C18H15BrN2O3/c19-16-7-5-15(6-8-16)18(23)21-10-9-17(22)24-12-14-3-1-13(11-20)2-4-14/h1-8H,9-10,12H2,(H,21,23). The van der Waals surface area contributed by atoms with E-state index in [1.165, 1.54) is 0 Å². The first-order valence-electron chi connectivity index (χ1n) is 7.27. The minimum atomic E-state index is -0.393. The van der Waals surface area contributed by atoms with E-state index in [9.17, 15) is 9.59 Å². The highest BCUT2D eigenvalue weighted by molar-refractivity contribution is 9.10. The monoisotopic (exact) mass is 386 g/mol. The average Bonchev–Trinajstić information content (AvgIpc) is 2.61. The molecule has 1 amide bonds. The van der Waals surface area contributed by atoms with Gasteiger partial charge in [-0.15, -0.1) is 0 Å². The van der Waals surface area contributed by atoms with Crippen LogP contribution in [0.25, 0.3) is 0 Å². The van der Waals surface area contributed by atoms with Crippen LogP contribution in [0.4, 0.5) is 0 Å². The third kappa shape index (κ3) is 5.52. The molecule has 2 aromatic carbocycles. The van der Waals surface area contributed by atoms with Crippen LogP contribution >= 0.6 is 15.9 Å². The van der Waals surface area contributed by atoms with E-state index in [2.05, 4.69) is 21.2 Å². The van der Waals surface area contributed by atoms with Crippen LogP contribution in [-0.4, -0.2) is 18.4 Å². The molecule has 24 heavy (non-hydrogen) atoms. The number of hydrogen-bond acceptors (Lipinski definition) is 4. The summed E-state index contributed by atoms with van der Waals surface area (Å²) in [5, 5.41) is 11.4. The van der Waals surface area contributed by atoms with E-state index in [4.69, 9.17) is 10.00 Å². The third-order valence-corrected chi connectivity index (χ3v) is 3.73. The molecule has 0 saturated carbocycles. The molecule has 6 heteroatoms. The van der Waals surface area contributed by atoms with Gasteiger partial charge in [-0.3, -0.25) is 9.59 Å². The summed E-state index contributed by atoms with van der Waals surface area (Å²) < 4.78 is 6.02. The first kappa shape index (κ1) is 17.7. The number of carbonyl (C=O) groups is 2. The Morgan fingerprint density at radius 3 is 2.38 bits per heavy atom. The minimum absolute atomic E-state index is 0.0958. The summed E-state index contributed by atoms with van der Waals surface area (Å²) in [5.74, 6) is -0.627. The number of nitrogens with one attached hydrogen (secondary N) is 1. The maximum atomic E-state index is 11.9. The average molecular weight is 387 g/mol. The van der Waals surface area contributed by atoms with Gasteiger partial charge in [-0.2, -0.15) is 5.26 Å². The lowest BCUT2D eigenvalue weighted by Crippen LogP contribution is -2.26. The van der Waals surface area contributed by atoms with E-state index < -0.39 is 5.97 Å². The molecule has 0 saturated heterocycles. The van der Waals surface area contributed by atoms with E-state index in [-0.39, 0.29) is 25.5 Å². The largest absolute Gasteiger partial charge is 0.461 e. The molecule has 0 aromatic heterocycles. The Kier molecular flexibility index (Phi) is 6.52. The summed E-state index contributed by atoms with van der Waals surface area (Å²) in [4.78, 5) is 23.5. The van der Waals surface area contributed by atoms with Crippen molar-refractivity contribution >= 4 is 27.8 Å². The van der Waals surface area contributed by atoms with E-state index in [1.807, 2.05) is 6.07 Å². The van der Waals surface area contributed by atoms with Crippen LogP contribution in [0.15, 0.2) is 53.0 Å². The zero-order chi connectivity index (χ0) is 17.4. The number of halogens is 1. The van der Waals surface area contributed by atoms with Gasteiger partial charge in [0.05, 0.1) is 18.1 Å². The molecular formula is C18H15BrN2O3. The van der Waals surface area contributed by atoms with Crippen molar-refractivity contribution in [2.24, 2.45) is 0 Å². The Morgan fingerprint density at radius 2 is 1.75 bits per heavy atom. The van der Waals surface area contributed by atoms with Gasteiger partial charge in [-0.25, -0.2) is 0 Å². The molecule has 0 fully saturated rings. The van der Waals surface area contributed by atoms with Gasteiger partial charge in [-0.05, 0) is 42.0 Å². The highest BCUT2D eigenvalue weighted by atomic mass is 79.9. The van der Waals surface area contributed by atoms with Gasteiger partial charge >= 0.3 is 5.97 Å². The fraction of sp³-hybridized carbons (Fsp3) is 0.167. The Balaban J connectivity index is 1.70. The van der Waals surface area contributed by atoms with Crippen LogP contribution in [0.5, 0.6) is 0 Å². The summed E-state index contributed by atoms with van der Waals surface area (Å²) in [7, 11) is 0. The Morgan fingerprint density at radius 1 is 1.08 bits per heavy atom. The fourth-order valence-electron chi connectivity index (χ4n) is 1.89. The van der Waals surface area contributed by atoms with Crippen LogP contribution in [0.3, 0.4) is 0 Å². The Hall–Kier alpha value is -2.65. The smallest absolute Gasteiger partial charge is 0.307 e. The van der Waals surface area contributed by atoms with Crippen molar-refractivity contribution in [1.29, 1.82) is 5.26 Å². The van der Waals surface area contributed by atoms with Crippen molar-refractivity contribution in [3.8, 4) is 6.07 Å². The molecule has 0 radical (unpaired) electrons. The number of amides is 1. The molecular weight excluding hydrogens is 372 g/mol. The quantitative estimate of drug-likeness (QED) is 0.773. The van der Waals surface area contributed by atoms with Gasteiger partial charge < -0.3 is 10.1 Å². The van der Waals surface area contributed by atoms with Crippen LogP contribution in [0.2, 0.25) is 0 Å². The lowest BCUT2D eigenvalue weighted by Gasteiger charge is -2.07. The molecule has 0 aliphatic heterocycles. The maximum Gasteiger partial charge on any atom is 0.307 e. The van der Waals surface area contributed by atoms with Gasteiger partial charge in [0.1, 0.15) is 6.61 Å². The van der Waals surface area contributed by atoms with E-state index >= 15 is 0 Å². The second kappa shape index (κ2) is 8.85. The highest BCUT2D eigenvalue weighted by Crippen LogP contribution is 2.10. The van der Waals surface area contributed by atoms with Crippen molar-refractivity contribution in [1.82, 2.24) is 5.32 Å². The molecule has 0 spiro atoms. The summed E-state index contributed by atoms with van der Waals surface area (Å²) in [6.07, 6.45) is 0.0958. The predicted octanol–water partition coefficient (Wildman–Crippen LogP) is 3.18. The van der Waals surface area contributed by atoms with Crippen molar-refractivity contribution < 1.29 is 14.3 Å². The molecule has 2 aromatic rings. The summed E-state index contributed by atoms with van der Waals surface area (Å²) in [5.41, 5.74) is 1.89. The van der Waals surface area contributed by atoms with Crippen LogP contribution in [0, 0.1) is 11.3 Å². The number of nitrogens with zero attached hydrogens (tertiary/aromatic N) is 1. The SMILES string of the molecule is N#Cc1ccc(COC(=O)CCNC(=O)c2ccc(Br)cc2)cc1. The van der Waals surface area contributed by atoms with E-state index in [0.717, 1.165) is 10.0 Å². The summed E-state index contributed by atoms with van der Waals surface area (Å²) >= 11 is 3.30. The fourth-order valence-corrected chi connectivity index (χ4v) is 2.16. The molecule has 0 heterocycles. The summed E-state index contributed by atoms with van der Waals surface area (Å²) in [6, 6.07) is 15.8. The minimum Gasteiger partial charge on any atom is -0.461 e. The van der Waals surface area contributed by atoms with Gasteiger partial charge in [0.15, 0.2) is 0 Å². The number of benzene rings is 2. The molecule has 1 N–H and O–H groups in total. The molecule has 2 rings (SSSR count). The molecule has 0 aliphatic carbocycles. The van der Waals surface area contributed by atoms with E-state index in [0.29, 0.717) is 11.1 Å². The van der Waals surface area contributed by atoms with Crippen LogP contribution in [-0.2, 0) is 16.1 Å². The Labute approximate surface area is 148 Å². The molecule has 0 atom stereocenters.